The minimum absolute atomic E-state index is 0.0194. The van der Waals surface area contributed by atoms with Gasteiger partial charge in [0.05, 0.1) is 4.92 Å². The van der Waals surface area contributed by atoms with Gasteiger partial charge in [0.2, 0.25) is 5.91 Å². The molecule has 150 valence electrons. The molecule has 3 atom stereocenters. The van der Waals surface area contributed by atoms with E-state index in [2.05, 4.69) is 34.8 Å². The van der Waals surface area contributed by atoms with Gasteiger partial charge >= 0.3 is 0 Å². The van der Waals surface area contributed by atoms with E-state index in [1.807, 2.05) is 0 Å². The molecule has 1 aromatic rings. The first-order chi connectivity index (χ1) is 13.1. The number of nitrogens with one attached hydrogen (secondary N) is 1. The molecule has 0 aliphatic heterocycles. The van der Waals surface area contributed by atoms with Gasteiger partial charge in [0.15, 0.2) is 0 Å². The quantitative estimate of drug-likeness (QED) is 0.127. The lowest BCUT2D eigenvalue weighted by molar-refractivity contribution is -0.384. The lowest BCUT2D eigenvalue weighted by atomic mass is 10.1. The smallest absolute Gasteiger partial charge is 0.269 e. The zero-order valence-electron chi connectivity index (χ0n) is 16.2. The molecule has 0 spiro atoms. The van der Waals surface area contributed by atoms with Crippen molar-refractivity contribution in [3.05, 3.63) is 39.9 Å². The molecule has 1 amide bonds. The number of alkyl halides is 1. The summed E-state index contributed by atoms with van der Waals surface area (Å²) in [7, 11) is 0. The molecule has 1 aliphatic carbocycles. The third-order valence-corrected chi connectivity index (χ3v) is 6.41. The molecule has 0 saturated heterocycles. The molecule has 2 rings (SSSR count). The van der Waals surface area contributed by atoms with Crippen LogP contribution in [0.25, 0.3) is 0 Å². The first-order valence-corrected chi connectivity index (χ1v) is 11.7. The van der Waals surface area contributed by atoms with Crippen LogP contribution in [-0.2, 0) is 4.79 Å². The van der Waals surface area contributed by atoms with Gasteiger partial charge in [0.1, 0.15) is 0 Å². The van der Waals surface area contributed by atoms with Crippen molar-refractivity contribution in [2.45, 2.75) is 76.7 Å². The van der Waals surface area contributed by atoms with Crippen molar-refractivity contribution < 1.29 is 9.72 Å². The summed E-state index contributed by atoms with van der Waals surface area (Å²) in [5.74, 6) is 0.369. The van der Waals surface area contributed by atoms with Crippen LogP contribution in [0.5, 0.6) is 0 Å². The summed E-state index contributed by atoms with van der Waals surface area (Å²) in [6.45, 7) is 2.24. The van der Waals surface area contributed by atoms with Crippen molar-refractivity contribution in [2.24, 2.45) is 5.92 Å². The summed E-state index contributed by atoms with van der Waals surface area (Å²) in [6.07, 6.45) is 10.9. The highest BCUT2D eigenvalue weighted by molar-refractivity contribution is 14.1. The normalized spacial score (nSPS) is 19.5. The number of nitrogens with zero attached hydrogens (tertiary/aromatic N) is 1. The van der Waals surface area contributed by atoms with E-state index < -0.39 is 4.92 Å². The van der Waals surface area contributed by atoms with Crippen molar-refractivity contribution in [3.8, 4) is 0 Å². The van der Waals surface area contributed by atoms with Crippen LogP contribution in [0.2, 0.25) is 0 Å². The maximum Gasteiger partial charge on any atom is 0.269 e. The number of hydrogen-bond acceptors (Lipinski definition) is 3. The topological polar surface area (TPSA) is 72.2 Å². The Morgan fingerprint density at radius 3 is 2.41 bits per heavy atom. The molecule has 0 heterocycles. The van der Waals surface area contributed by atoms with Crippen molar-refractivity contribution in [1.82, 2.24) is 5.32 Å². The standard InChI is InChI=1S/C21H31IN2O3/c1-2-3-4-5-6-7-8-9-17(15-22)23-21(25)20-14-19(20)16-10-12-18(13-11-16)24(26)27/h10-13,17,19-20H,2-9,14-15H2,1H3,(H,23,25). The van der Waals surface area contributed by atoms with Gasteiger partial charge in [-0.05, 0) is 24.3 Å². The number of amides is 1. The van der Waals surface area contributed by atoms with E-state index in [0.717, 1.165) is 22.8 Å². The maximum absolute atomic E-state index is 12.5. The van der Waals surface area contributed by atoms with Crippen LogP contribution in [-0.4, -0.2) is 21.3 Å². The number of unbranched alkanes of at least 4 members (excludes halogenated alkanes) is 6. The van der Waals surface area contributed by atoms with Gasteiger partial charge in [0, 0.05) is 28.5 Å². The lowest BCUT2D eigenvalue weighted by Gasteiger charge is -2.16. The van der Waals surface area contributed by atoms with Gasteiger partial charge in [-0.15, -0.1) is 0 Å². The molecule has 0 radical (unpaired) electrons. The number of nitro benzene ring substituents is 1. The van der Waals surface area contributed by atoms with E-state index in [-0.39, 0.29) is 29.5 Å². The SMILES string of the molecule is CCCCCCCCCC(CI)NC(=O)C1CC1c1ccc([N+](=O)[O-])cc1. The van der Waals surface area contributed by atoms with E-state index in [1.165, 1.54) is 57.1 Å². The fraction of sp³-hybridized carbons (Fsp3) is 0.667. The number of nitro groups is 1. The highest BCUT2D eigenvalue weighted by atomic mass is 127. The molecular weight excluding hydrogens is 455 g/mol. The molecule has 6 heteroatoms. The highest BCUT2D eigenvalue weighted by Crippen LogP contribution is 2.47. The van der Waals surface area contributed by atoms with Gasteiger partial charge in [-0.1, -0.05) is 86.6 Å². The molecule has 5 nitrogen and oxygen atoms in total. The second kappa shape index (κ2) is 11.6. The molecule has 1 aromatic carbocycles. The zero-order valence-corrected chi connectivity index (χ0v) is 18.3. The molecule has 0 aromatic heterocycles. The summed E-state index contributed by atoms with van der Waals surface area (Å²) >= 11 is 2.35. The predicted octanol–water partition coefficient (Wildman–Crippen LogP) is 5.76. The van der Waals surface area contributed by atoms with Crippen molar-refractivity contribution in [1.29, 1.82) is 0 Å². The number of carbonyl (C=O) groups excluding carboxylic acids is 1. The van der Waals surface area contributed by atoms with Gasteiger partial charge in [0.25, 0.3) is 5.69 Å². The van der Waals surface area contributed by atoms with Crippen molar-refractivity contribution in [2.75, 3.05) is 4.43 Å². The molecule has 3 unspecified atom stereocenters. The lowest BCUT2D eigenvalue weighted by Crippen LogP contribution is -2.37. The predicted molar refractivity (Wildman–Crippen MR) is 117 cm³/mol. The van der Waals surface area contributed by atoms with Crippen LogP contribution in [0, 0.1) is 16.0 Å². The Morgan fingerprint density at radius 1 is 1.19 bits per heavy atom. The Bertz CT molecular complexity index is 606. The van der Waals surface area contributed by atoms with Gasteiger partial charge < -0.3 is 5.32 Å². The summed E-state index contributed by atoms with van der Waals surface area (Å²) < 4.78 is 0.939. The molecular formula is C21H31IN2O3. The molecule has 1 fully saturated rings. The van der Waals surface area contributed by atoms with E-state index in [0.29, 0.717) is 0 Å². The average Bonchev–Trinajstić information content (AvgIpc) is 3.47. The minimum Gasteiger partial charge on any atom is -0.352 e. The van der Waals surface area contributed by atoms with Crippen molar-refractivity contribution >= 4 is 34.2 Å². The zero-order chi connectivity index (χ0) is 19.6. The number of rotatable bonds is 13. The molecule has 1 aliphatic rings. The van der Waals surface area contributed by atoms with Gasteiger partial charge in [-0.3, -0.25) is 14.9 Å². The third-order valence-electron chi connectivity index (χ3n) is 5.35. The van der Waals surface area contributed by atoms with Crippen LogP contribution in [0.1, 0.15) is 76.2 Å². The van der Waals surface area contributed by atoms with E-state index in [9.17, 15) is 14.9 Å². The number of non-ortho nitro benzene ring substituents is 1. The largest absolute Gasteiger partial charge is 0.352 e. The maximum atomic E-state index is 12.5. The van der Waals surface area contributed by atoms with E-state index >= 15 is 0 Å². The second-order valence-electron chi connectivity index (χ2n) is 7.57. The average molecular weight is 486 g/mol. The minimum atomic E-state index is -0.393. The Hall–Kier alpha value is -1.18. The second-order valence-corrected chi connectivity index (χ2v) is 8.45. The summed E-state index contributed by atoms with van der Waals surface area (Å²) in [5, 5.41) is 14.0. The number of benzene rings is 1. The molecule has 1 N–H and O–H groups in total. The fourth-order valence-corrected chi connectivity index (χ4v) is 4.20. The monoisotopic (exact) mass is 486 g/mol. The van der Waals surface area contributed by atoms with Gasteiger partial charge in [-0.2, -0.15) is 0 Å². The molecule has 27 heavy (non-hydrogen) atoms. The van der Waals surface area contributed by atoms with Gasteiger partial charge in [-0.25, -0.2) is 0 Å². The fourth-order valence-electron chi connectivity index (χ4n) is 3.54. The van der Waals surface area contributed by atoms with Crippen LogP contribution in [0.3, 0.4) is 0 Å². The first-order valence-electron chi connectivity index (χ1n) is 10.2. The Balaban J connectivity index is 1.68. The highest BCUT2D eigenvalue weighted by Gasteiger charge is 2.44. The Labute approximate surface area is 176 Å². The molecule has 0 bridgehead atoms. The third kappa shape index (κ3) is 7.39. The summed E-state index contributed by atoms with van der Waals surface area (Å²) in [6, 6.07) is 6.87. The summed E-state index contributed by atoms with van der Waals surface area (Å²) in [4.78, 5) is 22.9. The van der Waals surface area contributed by atoms with Crippen LogP contribution in [0.15, 0.2) is 24.3 Å². The van der Waals surface area contributed by atoms with E-state index in [4.69, 9.17) is 0 Å². The Morgan fingerprint density at radius 2 is 1.81 bits per heavy atom. The summed E-state index contributed by atoms with van der Waals surface area (Å²) in [5.41, 5.74) is 1.12. The number of halogens is 1. The first kappa shape index (κ1) is 22.1. The molecule has 1 saturated carbocycles. The Kier molecular flexibility index (Phi) is 9.51. The van der Waals surface area contributed by atoms with Crippen molar-refractivity contribution in [3.63, 3.8) is 0 Å². The van der Waals surface area contributed by atoms with Crippen LogP contribution >= 0.6 is 22.6 Å². The number of carbonyl (C=O) groups is 1. The number of hydrogen-bond donors (Lipinski definition) is 1. The van der Waals surface area contributed by atoms with Crippen LogP contribution in [0.4, 0.5) is 5.69 Å². The van der Waals surface area contributed by atoms with Crippen LogP contribution < -0.4 is 5.32 Å². The van der Waals surface area contributed by atoms with E-state index in [1.54, 1.807) is 12.1 Å².